The highest BCUT2D eigenvalue weighted by molar-refractivity contribution is 5.67. The van der Waals surface area contributed by atoms with Gasteiger partial charge in [0, 0.05) is 13.5 Å². The number of hydrogen-bond acceptors (Lipinski definition) is 4. The van der Waals surface area contributed by atoms with Crippen LogP contribution in [0.1, 0.15) is 19.7 Å². The molecule has 0 fully saturated rings. The van der Waals surface area contributed by atoms with Crippen LogP contribution in [0.5, 0.6) is 0 Å². The highest BCUT2D eigenvalue weighted by Gasteiger charge is 2.14. The molecule has 0 saturated heterocycles. The molecule has 2 rings (SSSR count). The van der Waals surface area contributed by atoms with E-state index in [2.05, 4.69) is 34.1 Å². The zero-order valence-electron chi connectivity index (χ0n) is 9.73. The maximum Gasteiger partial charge on any atom is 0.163 e. The summed E-state index contributed by atoms with van der Waals surface area (Å²) in [6.45, 7) is 4.28. The monoisotopic (exact) mass is 220 g/mol. The van der Waals surface area contributed by atoms with Gasteiger partial charge in [0.1, 0.15) is 5.82 Å². The van der Waals surface area contributed by atoms with Crippen molar-refractivity contribution in [1.29, 1.82) is 0 Å². The smallest absolute Gasteiger partial charge is 0.163 e. The minimum Gasteiger partial charge on any atom is -0.383 e. The fourth-order valence-electron chi connectivity index (χ4n) is 1.60. The molecule has 6 heteroatoms. The average Bonchev–Trinajstić information content (AvgIpc) is 2.71. The van der Waals surface area contributed by atoms with Crippen LogP contribution in [0.3, 0.4) is 0 Å². The third-order valence-electron chi connectivity index (χ3n) is 2.31. The summed E-state index contributed by atoms with van der Waals surface area (Å²) in [5.74, 6) is 2.65. The van der Waals surface area contributed by atoms with Gasteiger partial charge in [-0.25, -0.2) is 9.67 Å². The molecule has 0 bridgehead atoms. The predicted molar refractivity (Wildman–Crippen MR) is 61.5 cm³/mol. The molecule has 0 radical (unpaired) electrons. The van der Waals surface area contributed by atoms with Crippen LogP contribution in [-0.4, -0.2) is 25.0 Å². The number of nitrogens with zero attached hydrogens (tertiary/aromatic N) is 4. The van der Waals surface area contributed by atoms with Gasteiger partial charge in [0.05, 0.1) is 11.8 Å². The maximum atomic E-state index is 5.75. The van der Waals surface area contributed by atoms with Crippen molar-refractivity contribution < 1.29 is 0 Å². The number of aryl methyl sites for hydroxylation is 1. The molecule has 0 unspecified atom stereocenters. The van der Waals surface area contributed by atoms with Crippen molar-refractivity contribution >= 4 is 5.82 Å². The van der Waals surface area contributed by atoms with Crippen molar-refractivity contribution in [2.75, 3.05) is 5.73 Å². The van der Waals surface area contributed by atoms with E-state index in [1.807, 2.05) is 7.05 Å². The van der Waals surface area contributed by atoms with E-state index in [-0.39, 0.29) is 0 Å². The number of H-pyrrole nitrogens is 1. The van der Waals surface area contributed by atoms with Crippen molar-refractivity contribution in [1.82, 2.24) is 25.0 Å². The van der Waals surface area contributed by atoms with E-state index < -0.39 is 0 Å². The first-order valence-corrected chi connectivity index (χ1v) is 5.27. The largest absolute Gasteiger partial charge is 0.383 e. The fourth-order valence-corrected chi connectivity index (χ4v) is 1.60. The molecule has 0 aliphatic rings. The Hall–Kier alpha value is -1.85. The molecule has 6 nitrogen and oxygen atoms in total. The van der Waals surface area contributed by atoms with Crippen LogP contribution in [0.25, 0.3) is 11.4 Å². The minimum absolute atomic E-state index is 0.520. The normalized spacial score (nSPS) is 11.2. The molecule has 0 atom stereocenters. The van der Waals surface area contributed by atoms with Gasteiger partial charge >= 0.3 is 0 Å². The average molecular weight is 220 g/mol. The third kappa shape index (κ3) is 1.91. The first kappa shape index (κ1) is 10.7. The van der Waals surface area contributed by atoms with Crippen LogP contribution < -0.4 is 5.73 Å². The molecule has 0 saturated carbocycles. The standard InChI is InChI=1S/C10H16N6/c1-6(2)4-8-13-10(16(3)15-8)7-5-12-14-9(7)11/h5-6H,4H2,1-3H3,(H3,11,12,14). The number of aromatic amines is 1. The number of aromatic nitrogens is 5. The molecular weight excluding hydrogens is 204 g/mol. The predicted octanol–water partition coefficient (Wildman–Crippen LogP) is 0.986. The minimum atomic E-state index is 0.520. The third-order valence-corrected chi connectivity index (χ3v) is 2.31. The van der Waals surface area contributed by atoms with Gasteiger partial charge in [0.15, 0.2) is 11.6 Å². The number of nitrogens with two attached hydrogens (primary N) is 1. The molecule has 86 valence electrons. The lowest BCUT2D eigenvalue weighted by Crippen LogP contribution is -1.98. The van der Waals surface area contributed by atoms with Gasteiger partial charge in [-0.2, -0.15) is 10.2 Å². The summed E-state index contributed by atoms with van der Waals surface area (Å²) >= 11 is 0. The van der Waals surface area contributed by atoms with E-state index in [9.17, 15) is 0 Å². The van der Waals surface area contributed by atoms with Crippen molar-refractivity contribution in [2.24, 2.45) is 13.0 Å². The number of anilines is 1. The summed E-state index contributed by atoms with van der Waals surface area (Å²) in [7, 11) is 1.86. The topological polar surface area (TPSA) is 85.4 Å². The lowest BCUT2D eigenvalue weighted by atomic mass is 10.1. The van der Waals surface area contributed by atoms with Crippen LogP contribution in [-0.2, 0) is 13.5 Å². The number of nitrogen functional groups attached to an aromatic ring is 1. The molecule has 3 N–H and O–H groups in total. The lowest BCUT2D eigenvalue weighted by molar-refractivity contribution is 0.613. The zero-order valence-corrected chi connectivity index (χ0v) is 9.73. The first-order valence-electron chi connectivity index (χ1n) is 5.27. The van der Waals surface area contributed by atoms with Crippen LogP contribution in [0.4, 0.5) is 5.82 Å². The summed E-state index contributed by atoms with van der Waals surface area (Å²) < 4.78 is 1.74. The van der Waals surface area contributed by atoms with E-state index in [0.717, 1.165) is 23.6 Å². The van der Waals surface area contributed by atoms with Crippen molar-refractivity contribution in [2.45, 2.75) is 20.3 Å². The summed E-state index contributed by atoms with van der Waals surface area (Å²) in [5, 5.41) is 10.9. The second-order valence-corrected chi connectivity index (χ2v) is 4.27. The van der Waals surface area contributed by atoms with Crippen molar-refractivity contribution in [3.63, 3.8) is 0 Å². The summed E-state index contributed by atoms with van der Waals surface area (Å²) in [5.41, 5.74) is 6.55. The summed E-state index contributed by atoms with van der Waals surface area (Å²) in [6, 6.07) is 0. The molecule has 2 aromatic heterocycles. The molecular formula is C10H16N6. The Morgan fingerprint density at radius 1 is 1.50 bits per heavy atom. The Morgan fingerprint density at radius 3 is 2.81 bits per heavy atom. The van der Waals surface area contributed by atoms with E-state index in [4.69, 9.17) is 5.73 Å². The molecule has 2 aromatic rings. The molecule has 0 spiro atoms. The SMILES string of the molecule is CC(C)Cc1nc(-c2cn[nH]c2N)n(C)n1. The molecule has 2 heterocycles. The second kappa shape index (κ2) is 3.96. The molecule has 16 heavy (non-hydrogen) atoms. The second-order valence-electron chi connectivity index (χ2n) is 4.27. The van der Waals surface area contributed by atoms with E-state index in [0.29, 0.717) is 11.7 Å². The van der Waals surface area contributed by atoms with Gasteiger partial charge in [-0.3, -0.25) is 5.10 Å². The maximum absolute atomic E-state index is 5.75. The Morgan fingerprint density at radius 2 is 2.25 bits per heavy atom. The van der Waals surface area contributed by atoms with Crippen molar-refractivity contribution in [3.05, 3.63) is 12.0 Å². The van der Waals surface area contributed by atoms with E-state index in [1.54, 1.807) is 10.9 Å². The summed E-state index contributed by atoms with van der Waals surface area (Å²) in [4.78, 5) is 4.47. The van der Waals surface area contributed by atoms with E-state index >= 15 is 0 Å². The molecule has 0 aliphatic heterocycles. The molecule has 0 aliphatic carbocycles. The Bertz CT molecular complexity index is 481. The van der Waals surface area contributed by atoms with Gasteiger partial charge in [-0.1, -0.05) is 13.8 Å². The highest BCUT2D eigenvalue weighted by atomic mass is 15.3. The fraction of sp³-hybridized carbons (Fsp3) is 0.500. The molecule has 0 amide bonds. The summed E-state index contributed by atoms with van der Waals surface area (Å²) in [6.07, 6.45) is 2.53. The van der Waals surface area contributed by atoms with Crippen LogP contribution in [0.2, 0.25) is 0 Å². The first-order chi connectivity index (χ1) is 7.58. The quantitative estimate of drug-likeness (QED) is 0.807. The van der Waals surface area contributed by atoms with Crippen LogP contribution >= 0.6 is 0 Å². The van der Waals surface area contributed by atoms with Gasteiger partial charge in [0.25, 0.3) is 0 Å². The Balaban J connectivity index is 2.36. The number of hydrogen-bond donors (Lipinski definition) is 2. The van der Waals surface area contributed by atoms with Crippen LogP contribution in [0.15, 0.2) is 6.20 Å². The van der Waals surface area contributed by atoms with E-state index in [1.165, 1.54) is 0 Å². The lowest BCUT2D eigenvalue weighted by Gasteiger charge is -1.96. The zero-order chi connectivity index (χ0) is 11.7. The number of rotatable bonds is 3. The van der Waals surface area contributed by atoms with Gasteiger partial charge in [-0.15, -0.1) is 0 Å². The van der Waals surface area contributed by atoms with Crippen molar-refractivity contribution in [3.8, 4) is 11.4 Å². The van der Waals surface area contributed by atoms with Gasteiger partial charge in [0.2, 0.25) is 0 Å². The highest BCUT2D eigenvalue weighted by Crippen LogP contribution is 2.21. The Kier molecular flexibility index (Phi) is 2.64. The molecule has 0 aromatic carbocycles. The van der Waals surface area contributed by atoms with Gasteiger partial charge in [-0.05, 0) is 5.92 Å². The number of nitrogens with one attached hydrogen (secondary N) is 1. The van der Waals surface area contributed by atoms with Crippen LogP contribution in [0, 0.1) is 5.92 Å². The Labute approximate surface area is 93.9 Å². The van der Waals surface area contributed by atoms with Gasteiger partial charge < -0.3 is 5.73 Å².